The number of aromatic nitrogens is 4. The van der Waals surface area contributed by atoms with Gasteiger partial charge in [0.1, 0.15) is 12.1 Å². The Morgan fingerprint density at radius 2 is 1.96 bits per heavy atom. The van der Waals surface area contributed by atoms with E-state index >= 15 is 0 Å². The first-order chi connectivity index (χ1) is 10.9. The van der Waals surface area contributed by atoms with Crippen LogP contribution in [0.5, 0.6) is 0 Å². The molecule has 8 heteroatoms. The molecule has 0 spiro atoms. The van der Waals surface area contributed by atoms with E-state index in [1.807, 2.05) is 6.92 Å². The maximum absolute atomic E-state index is 12.7. The average molecular weight is 319 g/mol. The van der Waals surface area contributed by atoms with E-state index in [2.05, 4.69) is 20.3 Å². The predicted octanol–water partition coefficient (Wildman–Crippen LogP) is 3.73. The number of rotatable bonds is 3. The van der Waals surface area contributed by atoms with Crippen molar-refractivity contribution in [3.05, 3.63) is 60.3 Å². The van der Waals surface area contributed by atoms with E-state index < -0.39 is 11.7 Å². The van der Waals surface area contributed by atoms with Crippen LogP contribution in [0.1, 0.15) is 11.3 Å². The molecule has 0 atom stereocenters. The van der Waals surface area contributed by atoms with Crippen molar-refractivity contribution in [1.29, 1.82) is 0 Å². The number of nitrogens with zero attached hydrogens (tertiary/aromatic N) is 4. The number of nitrogens with one attached hydrogen (secondary N) is 1. The van der Waals surface area contributed by atoms with Gasteiger partial charge in [0, 0.05) is 18.1 Å². The SMILES string of the molecule is Cc1cn(-c2ccnc(Nc3cccc(C(F)(F)F)c3)n2)cn1. The maximum atomic E-state index is 12.7. The molecule has 5 nitrogen and oxygen atoms in total. The van der Waals surface area contributed by atoms with Gasteiger partial charge >= 0.3 is 6.18 Å². The highest BCUT2D eigenvalue weighted by Crippen LogP contribution is 2.31. The van der Waals surface area contributed by atoms with Crippen LogP contribution in [-0.2, 0) is 6.18 Å². The van der Waals surface area contributed by atoms with Gasteiger partial charge in [0.15, 0.2) is 0 Å². The fourth-order valence-corrected chi connectivity index (χ4v) is 2.00. The summed E-state index contributed by atoms with van der Waals surface area (Å²) in [6, 6.07) is 6.55. The summed E-state index contributed by atoms with van der Waals surface area (Å²) in [7, 11) is 0. The minimum Gasteiger partial charge on any atom is -0.324 e. The van der Waals surface area contributed by atoms with Gasteiger partial charge in [-0.05, 0) is 31.2 Å². The van der Waals surface area contributed by atoms with E-state index in [9.17, 15) is 13.2 Å². The van der Waals surface area contributed by atoms with E-state index in [0.29, 0.717) is 5.82 Å². The van der Waals surface area contributed by atoms with Gasteiger partial charge in [-0.25, -0.2) is 9.97 Å². The topological polar surface area (TPSA) is 55.6 Å². The molecule has 0 saturated carbocycles. The van der Waals surface area contributed by atoms with Crippen LogP contribution in [0, 0.1) is 6.92 Å². The third-order valence-electron chi connectivity index (χ3n) is 3.06. The number of benzene rings is 1. The van der Waals surface area contributed by atoms with Crippen molar-refractivity contribution in [2.75, 3.05) is 5.32 Å². The van der Waals surface area contributed by atoms with Crippen molar-refractivity contribution in [2.45, 2.75) is 13.1 Å². The van der Waals surface area contributed by atoms with Crippen LogP contribution >= 0.6 is 0 Å². The fourth-order valence-electron chi connectivity index (χ4n) is 2.00. The lowest BCUT2D eigenvalue weighted by Gasteiger charge is -2.10. The van der Waals surface area contributed by atoms with E-state index in [0.717, 1.165) is 17.8 Å². The molecule has 1 aromatic carbocycles. The van der Waals surface area contributed by atoms with Crippen LogP contribution in [0.2, 0.25) is 0 Å². The summed E-state index contributed by atoms with van der Waals surface area (Å²) in [5.41, 5.74) is 0.360. The third-order valence-corrected chi connectivity index (χ3v) is 3.06. The van der Waals surface area contributed by atoms with Gasteiger partial charge in [-0.2, -0.15) is 18.2 Å². The predicted molar refractivity (Wildman–Crippen MR) is 78.6 cm³/mol. The molecule has 0 saturated heterocycles. The molecule has 1 N–H and O–H groups in total. The molecule has 2 aromatic heterocycles. The summed E-state index contributed by atoms with van der Waals surface area (Å²) in [5.74, 6) is 0.767. The van der Waals surface area contributed by atoms with Crippen LogP contribution in [0.3, 0.4) is 0 Å². The quantitative estimate of drug-likeness (QED) is 0.799. The van der Waals surface area contributed by atoms with E-state index in [4.69, 9.17) is 0 Å². The Hall–Kier alpha value is -2.90. The highest BCUT2D eigenvalue weighted by molar-refractivity contribution is 5.55. The smallest absolute Gasteiger partial charge is 0.324 e. The number of hydrogen-bond donors (Lipinski definition) is 1. The van der Waals surface area contributed by atoms with Crippen molar-refractivity contribution in [1.82, 2.24) is 19.5 Å². The lowest BCUT2D eigenvalue weighted by atomic mass is 10.2. The molecular weight excluding hydrogens is 307 g/mol. The van der Waals surface area contributed by atoms with Gasteiger partial charge in [0.2, 0.25) is 5.95 Å². The third kappa shape index (κ3) is 3.47. The molecule has 3 rings (SSSR count). The van der Waals surface area contributed by atoms with Crippen molar-refractivity contribution in [2.24, 2.45) is 0 Å². The van der Waals surface area contributed by atoms with Crippen LogP contribution in [0.15, 0.2) is 49.1 Å². The maximum Gasteiger partial charge on any atom is 0.416 e. The molecule has 0 aliphatic rings. The summed E-state index contributed by atoms with van der Waals surface area (Å²) < 4.78 is 39.9. The first-order valence-electron chi connectivity index (χ1n) is 6.70. The van der Waals surface area contributed by atoms with Gasteiger partial charge in [-0.3, -0.25) is 4.57 Å². The van der Waals surface area contributed by atoms with Gasteiger partial charge in [-0.1, -0.05) is 6.07 Å². The summed E-state index contributed by atoms with van der Waals surface area (Å²) >= 11 is 0. The lowest BCUT2D eigenvalue weighted by molar-refractivity contribution is -0.137. The summed E-state index contributed by atoms with van der Waals surface area (Å²) in [6.07, 6.45) is 0.518. The molecule has 2 heterocycles. The Kier molecular flexibility index (Phi) is 3.73. The first kappa shape index (κ1) is 15.0. The molecule has 0 aliphatic carbocycles. The molecule has 23 heavy (non-hydrogen) atoms. The number of anilines is 2. The first-order valence-corrected chi connectivity index (χ1v) is 6.70. The molecule has 0 radical (unpaired) electrons. The second-order valence-corrected chi connectivity index (χ2v) is 4.86. The molecule has 0 fully saturated rings. The largest absolute Gasteiger partial charge is 0.416 e. The van der Waals surface area contributed by atoms with E-state index in [-0.39, 0.29) is 11.6 Å². The molecular formula is C15H12F3N5. The summed E-state index contributed by atoms with van der Waals surface area (Å²) in [6.45, 7) is 1.85. The van der Waals surface area contributed by atoms with Gasteiger partial charge in [-0.15, -0.1) is 0 Å². The normalized spacial score (nSPS) is 11.5. The number of hydrogen-bond acceptors (Lipinski definition) is 4. The van der Waals surface area contributed by atoms with Crippen molar-refractivity contribution >= 4 is 11.6 Å². The van der Waals surface area contributed by atoms with E-state index in [1.54, 1.807) is 23.2 Å². The molecule has 0 unspecified atom stereocenters. The zero-order valence-electron chi connectivity index (χ0n) is 12.0. The van der Waals surface area contributed by atoms with Crippen LogP contribution in [-0.4, -0.2) is 19.5 Å². The van der Waals surface area contributed by atoms with Crippen LogP contribution in [0.4, 0.5) is 24.8 Å². The molecule has 3 aromatic rings. The minimum absolute atomic E-state index is 0.202. The Balaban J connectivity index is 1.86. The van der Waals surface area contributed by atoms with Crippen LogP contribution in [0.25, 0.3) is 5.82 Å². The zero-order valence-corrected chi connectivity index (χ0v) is 12.0. The second-order valence-electron chi connectivity index (χ2n) is 4.86. The van der Waals surface area contributed by atoms with Crippen molar-refractivity contribution in [3.63, 3.8) is 0 Å². The fraction of sp³-hybridized carbons (Fsp3) is 0.133. The standard InChI is InChI=1S/C15H12F3N5/c1-10-8-23(9-20-10)13-5-6-19-14(22-13)21-12-4-2-3-11(7-12)15(16,17)18/h2-9H,1H3,(H,19,21,22). The van der Waals surface area contributed by atoms with Crippen molar-refractivity contribution < 1.29 is 13.2 Å². The number of aryl methyl sites for hydroxylation is 1. The monoisotopic (exact) mass is 319 g/mol. The van der Waals surface area contributed by atoms with Crippen LogP contribution < -0.4 is 5.32 Å². The molecule has 0 aliphatic heterocycles. The number of halogens is 3. The summed E-state index contributed by atoms with van der Waals surface area (Å²) in [5, 5.41) is 2.78. The van der Waals surface area contributed by atoms with E-state index in [1.165, 1.54) is 18.3 Å². The Labute approximate surface area is 129 Å². The lowest BCUT2D eigenvalue weighted by Crippen LogP contribution is -2.06. The number of alkyl halides is 3. The molecule has 118 valence electrons. The minimum atomic E-state index is -4.39. The second kappa shape index (κ2) is 5.71. The Morgan fingerprint density at radius 1 is 1.13 bits per heavy atom. The average Bonchev–Trinajstić information content (AvgIpc) is 2.94. The van der Waals surface area contributed by atoms with Crippen molar-refractivity contribution in [3.8, 4) is 5.82 Å². The summed E-state index contributed by atoms with van der Waals surface area (Å²) in [4.78, 5) is 12.4. The highest BCUT2D eigenvalue weighted by atomic mass is 19.4. The Bertz CT molecular complexity index is 826. The molecule has 0 bridgehead atoms. The highest BCUT2D eigenvalue weighted by Gasteiger charge is 2.30. The van der Waals surface area contributed by atoms with Gasteiger partial charge < -0.3 is 5.32 Å². The Morgan fingerprint density at radius 3 is 2.65 bits per heavy atom. The van der Waals surface area contributed by atoms with Gasteiger partial charge in [0.25, 0.3) is 0 Å². The zero-order chi connectivity index (χ0) is 16.4. The number of imidazole rings is 1. The van der Waals surface area contributed by atoms with Gasteiger partial charge in [0.05, 0.1) is 11.3 Å². The molecule has 0 amide bonds.